The zero-order valence-corrected chi connectivity index (χ0v) is 13.4. The molecule has 20 heavy (non-hydrogen) atoms. The molecule has 0 bridgehead atoms. The molecular weight excluding hydrogens is 308 g/mol. The SMILES string of the molecule is Cc1csc(NC(=O)c2ccc(C3SCCS3)cc2)n1. The van der Waals surface area contributed by atoms with E-state index < -0.39 is 0 Å². The number of aryl methyl sites for hydroxylation is 1. The van der Waals surface area contributed by atoms with Crippen molar-refractivity contribution in [3.63, 3.8) is 0 Å². The van der Waals surface area contributed by atoms with Crippen molar-refractivity contribution in [2.45, 2.75) is 11.5 Å². The molecule has 1 aromatic heterocycles. The Hall–Kier alpha value is -0.980. The van der Waals surface area contributed by atoms with Gasteiger partial charge in [0, 0.05) is 22.4 Å². The van der Waals surface area contributed by atoms with E-state index in [9.17, 15) is 4.79 Å². The van der Waals surface area contributed by atoms with Crippen LogP contribution in [0.3, 0.4) is 0 Å². The molecule has 1 saturated heterocycles. The van der Waals surface area contributed by atoms with Gasteiger partial charge in [0.2, 0.25) is 0 Å². The number of carbonyl (C=O) groups is 1. The summed E-state index contributed by atoms with van der Waals surface area (Å²) < 4.78 is 0.522. The maximum absolute atomic E-state index is 12.1. The van der Waals surface area contributed by atoms with Gasteiger partial charge >= 0.3 is 0 Å². The van der Waals surface area contributed by atoms with Gasteiger partial charge in [-0.05, 0) is 24.6 Å². The number of benzene rings is 1. The van der Waals surface area contributed by atoms with Gasteiger partial charge in [0.1, 0.15) is 0 Å². The Morgan fingerprint density at radius 1 is 1.25 bits per heavy atom. The summed E-state index contributed by atoms with van der Waals surface area (Å²) in [5.74, 6) is 2.32. The van der Waals surface area contributed by atoms with Gasteiger partial charge < -0.3 is 0 Å². The number of hydrogen-bond acceptors (Lipinski definition) is 5. The Balaban J connectivity index is 1.68. The molecular formula is C14H14N2OS3. The fourth-order valence-electron chi connectivity index (χ4n) is 1.92. The molecule has 1 aliphatic rings. The second-order valence-electron chi connectivity index (χ2n) is 4.44. The Kier molecular flexibility index (Phi) is 4.33. The van der Waals surface area contributed by atoms with Crippen molar-refractivity contribution in [2.75, 3.05) is 16.8 Å². The molecule has 0 unspecified atom stereocenters. The number of nitrogens with one attached hydrogen (secondary N) is 1. The van der Waals surface area contributed by atoms with Crippen LogP contribution in [0.5, 0.6) is 0 Å². The Morgan fingerprint density at radius 3 is 2.55 bits per heavy atom. The van der Waals surface area contributed by atoms with Crippen LogP contribution in [0.25, 0.3) is 0 Å². The largest absolute Gasteiger partial charge is 0.298 e. The molecule has 1 aliphatic heterocycles. The fraction of sp³-hybridized carbons (Fsp3) is 0.286. The van der Waals surface area contributed by atoms with Crippen LogP contribution < -0.4 is 5.32 Å². The highest BCUT2D eigenvalue weighted by Crippen LogP contribution is 2.45. The van der Waals surface area contributed by atoms with Crippen LogP contribution in [0.1, 0.15) is 26.2 Å². The first-order valence-corrected chi connectivity index (χ1v) is 9.27. The lowest BCUT2D eigenvalue weighted by Crippen LogP contribution is -2.11. The number of rotatable bonds is 3. The van der Waals surface area contributed by atoms with Gasteiger partial charge in [-0.25, -0.2) is 4.98 Å². The van der Waals surface area contributed by atoms with Crippen molar-refractivity contribution in [2.24, 2.45) is 0 Å². The Labute approximate surface area is 130 Å². The number of nitrogens with zero attached hydrogens (tertiary/aromatic N) is 1. The Morgan fingerprint density at radius 2 is 1.95 bits per heavy atom. The van der Waals surface area contributed by atoms with Gasteiger partial charge in [0.25, 0.3) is 5.91 Å². The number of thiazole rings is 1. The van der Waals surface area contributed by atoms with E-state index in [4.69, 9.17) is 0 Å². The van der Waals surface area contributed by atoms with Gasteiger partial charge in [-0.1, -0.05) is 12.1 Å². The highest BCUT2D eigenvalue weighted by atomic mass is 32.2. The van der Waals surface area contributed by atoms with Gasteiger partial charge in [-0.15, -0.1) is 34.9 Å². The van der Waals surface area contributed by atoms with Crippen molar-refractivity contribution in [1.82, 2.24) is 4.98 Å². The molecule has 1 fully saturated rings. The first-order valence-electron chi connectivity index (χ1n) is 6.29. The number of anilines is 1. The van der Waals surface area contributed by atoms with Crippen LogP contribution in [0.15, 0.2) is 29.6 Å². The van der Waals surface area contributed by atoms with E-state index in [0.717, 1.165) is 5.69 Å². The van der Waals surface area contributed by atoms with Crippen LogP contribution in [0.2, 0.25) is 0 Å². The van der Waals surface area contributed by atoms with E-state index in [1.807, 2.05) is 48.0 Å². The zero-order valence-electron chi connectivity index (χ0n) is 11.0. The molecule has 3 rings (SSSR count). The third kappa shape index (κ3) is 3.19. The number of thioether (sulfide) groups is 2. The minimum absolute atomic E-state index is 0.0994. The molecule has 2 heterocycles. The highest BCUT2D eigenvalue weighted by Gasteiger charge is 2.18. The molecule has 0 saturated carbocycles. The lowest BCUT2D eigenvalue weighted by atomic mass is 10.1. The van der Waals surface area contributed by atoms with E-state index in [2.05, 4.69) is 22.4 Å². The number of aromatic nitrogens is 1. The summed E-state index contributed by atoms with van der Waals surface area (Å²) in [6.07, 6.45) is 0. The van der Waals surface area contributed by atoms with E-state index in [1.54, 1.807) is 0 Å². The lowest BCUT2D eigenvalue weighted by Gasteiger charge is -2.09. The summed E-state index contributed by atoms with van der Waals surface area (Å²) in [5.41, 5.74) is 2.89. The van der Waals surface area contributed by atoms with Gasteiger partial charge in [0.15, 0.2) is 5.13 Å². The summed E-state index contributed by atoms with van der Waals surface area (Å²) in [7, 11) is 0. The molecule has 104 valence electrons. The van der Waals surface area contributed by atoms with Crippen LogP contribution in [0, 0.1) is 6.92 Å². The molecule has 2 aromatic rings. The molecule has 1 amide bonds. The van der Waals surface area contributed by atoms with Crippen LogP contribution in [-0.2, 0) is 0 Å². The number of amides is 1. The summed E-state index contributed by atoms with van der Waals surface area (Å²) in [5, 5.41) is 5.40. The van der Waals surface area contributed by atoms with Crippen LogP contribution in [-0.4, -0.2) is 22.4 Å². The smallest absolute Gasteiger partial charge is 0.257 e. The fourth-order valence-corrected chi connectivity index (χ4v) is 5.47. The lowest BCUT2D eigenvalue weighted by molar-refractivity contribution is 0.102. The van der Waals surface area contributed by atoms with Crippen molar-refractivity contribution >= 4 is 45.9 Å². The molecule has 0 aliphatic carbocycles. The van der Waals surface area contributed by atoms with E-state index >= 15 is 0 Å². The summed E-state index contributed by atoms with van der Waals surface area (Å²) in [6.45, 7) is 1.91. The first-order chi connectivity index (χ1) is 9.72. The second-order valence-corrected chi connectivity index (χ2v) is 8.03. The summed E-state index contributed by atoms with van der Waals surface area (Å²) in [4.78, 5) is 16.3. The average Bonchev–Trinajstić information content (AvgIpc) is 3.11. The first kappa shape index (κ1) is 14.0. The third-order valence-electron chi connectivity index (χ3n) is 2.91. The van der Waals surface area contributed by atoms with Crippen LogP contribution in [0.4, 0.5) is 5.13 Å². The maximum Gasteiger partial charge on any atom is 0.257 e. The van der Waals surface area contributed by atoms with E-state index in [1.165, 1.54) is 28.4 Å². The third-order valence-corrected chi connectivity index (χ3v) is 6.89. The van der Waals surface area contributed by atoms with Crippen molar-refractivity contribution in [3.8, 4) is 0 Å². The Bertz CT molecular complexity index is 603. The van der Waals surface area contributed by atoms with Gasteiger partial charge in [-0.2, -0.15) is 0 Å². The molecule has 3 nitrogen and oxygen atoms in total. The van der Waals surface area contributed by atoms with Crippen molar-refractivity contribution in [1.29, 1.82) is 0 Å². The minimum Gasteiger partial charge on any atom is -0.298 e. The second kappa shape index (κ2) is 6.20. The van der Waals surface area contributed by atoms with E-state index in [-0.39, 0.29) is 5.91 Å². The number of carbonyl (C=O) groups excluding carboxylic acids is 1. The normalized spacial score (nSPS) is 15.4. The highest BCUT2D eigenvalue weighted by molar-refractivity contribution is 8.19. The van der Waals surface area contributed by atoms with Gasteiger partial charge in [0.05, 0.1) is 10.3 Å². The van der Waals surface area contributed by atoms with Gasteiger partial charge in [-0.3, -0.25) is 10.1 Å². The molecule has 0 spiro atoms. The van der Waals surface area contributed by atoms with Crippen LogP contribution >= 0.6 is 34.9 Å². The van der Waals surface area contributed by atoms with Crippen molar-refractivity contribution < 1.29 is 4.79 Å². The topological polar surface area (TPSA) is 42.0 Å². The summed E-state index contributed by atoms with van der Waals surface area (Å²) in [6, 6.07) is 7.89. The van der Waals surface area contributed by atoms with Crippen molar-refractivity contribution in [3.05, 3.63) is 46.5 Å². The molecule has 6 heteroatoms. The van der Waals surface area contributed by atoms with E-state index in [0.29, 0.717) is 15.3 Å². The predicted octanol–water partition coefficient (Wildman–Crippen LogP) is 4.18. The maximum atomic E-state index is 12.1. The minimum atomic E-state index is -0.0994. The standard InChI is InChI=1S/C14H14N2OS3/c1-9-8-20-14(15-9)16-12(17)10-2-4-11(5-3-10)13-18-6-7-19-13/h2-5,8,13H,6-7H2,1H3,(H,15,16,17). The predicted molar refractivity (Wildman–Crippen MR) is 88.9 cm³/mol. The quantitative estimate of drug-likeness (QED) is 0.920. The molecule has 1 aromatic carbocycles. The molecule has 1 N–H and O–H groups in total. The average molecular weight is 322 g/mol. The zero-order chi connectivity index (χ0) is 13.9. The molecule has 0 atom stereocenters. The number of hydrogen-bond donors (Lipinski definition) is 1. The molecule has 0 radical (unpaired) electrons. The summed E-state index contributed by atoms with van der Waals surface area (Å²) >= 11 is 5.38. The monoisotopic (exact) mass is 322 g/mol.